The predicted octanol–water partition coefficient (Wildman–Crippen LogP) is 2.51. The molecule has 0 amide bonds. The van der Waals surface area contributed by atoms with Crippen molar-refractivity contribution < 1.29 is 0 Å². The van der Waals surface area contributed by atoms with Gasteiger partial charge in [0.15, 0.2) is 0 Å². The maximum atomic E-state index is 4.51. The Morgan fingerprint density at radius 1 is 1.31 bits per heavy atom. The van der Waals surface area contributed by atoms with Crippen LogP contribution in [-0.2, 0) is 0 Å². The molecule has 1 aliphatic heterocycles. The van der Waals surface area contributed by atoms with E-state index in [9.17, 15) is 0 Å². The highest BCUT2D eigenvalue weighted by molar-refractivity contribution is 8.13. The van der Waals surface area contributed by atoms with E-state index in [-0.39, 0.29) is 0 Å². The average Bonchev–Trinajstić information content (AvgIpc) is 2.38. The molecule has 0 saturated heterocycles. The molecule has 1 aliphatic rings. The van der Waals surface area contributed by atoms with Crippen LogP contribution in [0.5, 0.6) is 0 Å². The van der Waals surface area contributed by atoms with Crippen molar-refractivity contribution in [2.75, 3.05) is 12.8 Å². The third kappa shape index (κ3) is 1.80. The highest BCUT2D eigenvalue weighted by atomic mass is 32.2. The molecule has 2 rings (SSSR count). The Morgan fingerprint density at radius 2 is 2.15 bits per heavy atom. The zero-order valence-corrected chi connectivity index (χ0v) is 8.21. The smallest absolute Gasteiger partial charge is 0.0951 e. The summed E-state index contributed by atoms with van der Waals surface area (Å²) in [6.07, 6.45) is 3.92. The molecule has 0 saturated carbocycles. The predicted molar refractivity (Wildman–Crippen MR) is 59.5 cm³/mol. The van der Waals surface area contributed by atoms with Gasteiger partial charge in [-0.3, -0.25) is 4.99 Å². The van der Waals surface area contributed by atoms with E-state index in [1.807, 2.05) is 36.7 Å². The van der Waals surface area contributed by atoms with Gasteiger partial charge in [0.05, 0.1) is 17.3 Å². The third-order valence-corrected chi connectivity index (χ3v) is 2.57. The first-order chi connectivity index (χ1) is 6.40. The summed E-state index contributed by atoms with van der Waals surface area (Å²) in [6.45, 7) is 0.704. The van der Waals surface area contributed by atoms with Crippen LogP contribution in [0.1, 0.15) is 5.56 Å². The monoisotopic (exact) mass is 190 g/mol. The molecule has 0 radical (unpaired) electrons. The van der Waals surface area contributed by atoms with Crippen LogP contribution in [0.2, 0.25) is 0 Å². The summed E-state index contributed by atoms with van der Waals surface area (Å²) in [4.78, 5) is 8.80. The van der Waals surface area contributed by atoms with Crippen LogP contribution < -0.4 is 0 Å². The maximum absolute atomic E-state index is 4.51. The standard InChI is InChI=1S/C10H10N2S/c1-13-10-7-11-6-8-4-2-3-5-9(8)12-10/h2-6H,7H2,1H3. The van der Waals surface area contributed by atoms with Crippen molar-refractivity contribution in [1.82, 2.24) is 0 Å². The van der Waals surface area contributed by atoms with Crippen LogP contribution in [0.4, 0.5) is 5.69 Å². The Kier molecular flexibility index (Phi) is 2.45. The van der Waals surface area contributed by atoms with Gasteiger partial charge >= 0.3 is 0 Å². The van der Waals surface area contributed by atoms with Crippen molar-refractivity contribution in [3.05, 3.63) is 29.8 Å². The van der Waals surface area contributed by atoms with E-state index in [0.29, 0.717) is 6.54 Å². The second-order valence-corrected chi connectivity index (χ2v) is 3.62. The number of benzene rings is 1. The molecule has 1 aromatic carbocycles. The number of fused-ring (bicyclic) bond motifs is 1. The second-order valence-electron chi connectivity index (χ2n) is 2.74. The van der Waals surface area contributed by atoms with Crippen LogP contribution >= 0.6 is 11.8 Å². The Bertz CT molecular complexity index is 369. The molecule has 3 heteroatoms. The highest BCUT2D eigenvalue weighted by Gasteiger charge is 2.04. The maximum Gasteiger partial charge on any atom is 0.0951 e. The molecule has 2 nitrogen and oxygen atoms in total. The zero-order valence-electron chi connectivity index (χ0n) is 7.40. The molecule has 1 aromatic rings. The lowest BCUT2D eigenvalue weighted by molar-refractivity contribution is 1.34. The molecule has 0 fully saturated rings. The molecule has 0 aliphatic carbocycles. The summed E-state index contributed by atoms with van der Waals surface area (Å²) in [5, 5.41) is 1.07. The van der Waals surface area contributed by atoms with Crippen molar-refractivity contribution in [1.29, 1.82) is 0 Å². The van der Waals surface area contributed by atoms with Crippen LogP contribution in [0.25, 0.3) is 0 Å². The van der Waals surface area contributed by atoms with Gasteiger partial charge in [-0.05, 0) is 12.3 Å². The summed E-state index contributed by atoms with van der Waals surface area (Å²) in [5.41, 5.74) is 2.12. The van der Waals surface area contributed by atoms with Gasteiger partial charge in [0, 0.05) is 11.8 Å². The Hall–Kier alpha value is -1.09. The summed E-state index contributed by atoms with van der Waals surface area (Å²) in [7, 11) is 0. The number of hydrogen-bond donors (Lipinski definition) is 0. The van der Waals surface area contributed by atoms with E-state index in [2.05, 4.69) is 9.98 Å². The number of rotatable bonds is 0. The van der Waals surface area contributed by atoms with E-state index >= 15 is 0 Å². The minimum atomic E-state index is 0.704. The van der Waals surface area contributed by atoms with Crippen molar-refractivity contribution in [3.8, 4) is 0 Å². The fourth-order valence-corrected chi connectivity index (χ4v) is 1.59. The van der Waals surface area contributed by atoms with Gasteiger partial charge in [-0.15, -0.1) is 11.8 Å². The molecule has 13 heavy (non-hydrogen) atoms. The molecule has 0 aromatic heterocycles. The number of nitrogens with zero attached hydrogens (tertiary/aromatic N) is 2. The van der Waals surface area contributed by atoms with Gasteiger partial charge < -0.3 is 0 Å². The Morgan fingerprint density at radius 3 is 3.00 bits per heavy atom. The minimum absolute atomic E-state index is 0.704. The molecular formula is C10H10N2S. The van der Waals surface area contributed by atoms with Crippen LogP contribution in [0, 0.1) is 0 Å². The number of hydrogen-bond acceptors (Lipinski definition) is 3. The fraction of sp³-hybridized carbons (Fsp3) is 0.200. The first kappa shape index (κ1) is 8.51. The molecule has 0 spiro atoms. The van der Waals surface area contributed by atoms with E-state index < -0.39 is 0 Å². The third-order valence-electron chi connectivity index (χ3n) is 1.87. The van der Waals surface area contributed by atoms with Gasteiger partial charge in [0.1, 0.15) is 0 Å². The van der Waals surface area contributed by atoms with E-state index in [0.717, 1.165) is 16.3 Å². The second kappa shape index (κ2) is 3.75. The van der Waals surface area contributed by atoms with Crippen molar-refractivity contribution in [2.24, 2.45) is 9.98 Å². The number of para-hydroxylation sites is 1. The van der Waals surface area contributed by atoms with Crippen molar-refractivity contribution in [3.63, 3.8) is 0 Å². The molecular weight excluding hydrogens is 180 g/mol. The first-order valence-electron chi connectivity index (χ1n) is 4.10. The van der Waals surface area contributed by atoms with Crippen LogP contribution in [0.15, 0.2) is 34.3 Å². The largest absolute Gasteiger partial charge is 0.286 e. The number of thioether (sulfide) groups is 1. The van der Waals surface area contributed by atoms with E-state index in [4.69, 9.17) is 0 Å². The molecule has 0 bridgehead atoms. The molecule has 0 atom stereocenters. The normalized spacial score (nSPS) is 14.7. The molecule has 1 heterocycles. The minimum Gasteiger partial charge on any atom is -0.286 e. The zero-order chi connectivity index (χ0) is 9.10. The van der Waals surface area contributed by atoms with Crippen LogP contribution in [-0.4, -0.2) is 24.1 Å². The summed E-state index contributed by atoms with van der Waals surface area (Å²) >= 11 is 1.66. The Balaban J connectivity index is 2.49. The molecule has 66 valence electrons. The quantitative estimate of drug-likeness (QED) is 0.617. The van der Waals surface area contributed by atoms with Crippen molar-refractivity contribution in [2.45, 2.75) is 0 Å². The highest BCUT2D eigenvalue weighted by Crippen LogP contribution is 2.20. The van der Waals surface area contributed by atoms with Crippen molar-refractivity contribution >= 4 is 28.7 Å². The number of aliphatic imine (C=N–C) groups is 2. The fourth-order valence-electron chi connectivity index (χ4n) is 1.20. The van der Waals surface area contributed by atoms with Gasteiger partial charge in [0.2, 0.25) is 0 Å². The van der Waals surface area contributed by atoms with E-state index in [1.165, 1.54) is 0 Å². The SMILES string of the molecule is CSC1=Nc2ccccc2C=NC1. The summed E-state index contributed by atoms with van der Waals surface area (Å²) in [5.74, 6) is 0. The lowest BCUT2D eigenvalue weighted by atomic mass is 10.2. The average molecular weight is 190 g/mol. The van der Waals surface area contributed by atoms with Gasteiger partial charge in [-0.2, -0.15) is 0 Å². The van der Waals surface area contributed by atoms with Gasteiger partial charge in [0.25, 0.3) is 0 Å². The molecule has 0 N–H and O–H groups in total. The summed E-state index contributed by atoms with van der Waals surface area (Å²) in [6, 6.07) is 8.05. The summed E-state index contributed by atoms with van der Waals surface area (Å²) < 4.78 is 0. The molecule has 0 unspecified atom stereocenters. The lowest BCUT2D eigenvalue weighted by Crippen LogP contribution is -1.93. The topological polar surface area (TPSA) is 24.7 Å². The Labute approximate surface area is 81.8 Å². The lowest BCUT2D eigenvalue weighted by Gasteiger charge is -1.98. The first-order valence-corrected chi connectivity index (χ1v) is 5.33. The van der Waals surface area contributed by atoms with Crippen LogP contribution in [0.3, 0.4) is 0 Å². The van der Waals surface area contributed by atoms with E-state index in [1.54, 1.807) is 11.8 Å². The van der Waals surface area contributed by atoms with Gasteiger partial charge in [-0.25, -0.2) is 4.99 Å². The van der Waals surface area contributed by atoms with Gasteiger partial charge in [-0.1, -0.05) is 18.2 Å².